The number of rotatable bonds is 16. The number of hydrogen-bond acceptors (Lipinski definition) is 6. The standard InChI is InChI=1S/C58H54O6S2/c1-6-55(44-21-31-50(32-22-44)65(59,60)49-29-19-41(4)20-30-49)64-57-38-24-46(40-54(57)43-17-13-10-14-18-43)45-23-37-56(53(39-45)42-15-11-9-12-16-42)63-48-27-35-52(36-28-48)66(61,62)51-33-25-47(26-34-51)58(5,7-2)8-3/h9-40,55H,6-8H2,1-5H3. The lowest BCUT2D eigenvalue weighted by atomic mass is 9.78. The first-order valence-electron chi connectivity index (χ1n) is 22.4. The first kappa shape index (κ1) is 45.8. The molecule has 334 valence electrons. The molecule has 6 nitrogen and oxygen atoms in total. The monoisotopic (exact) mass is 910 g/mol. The molecule has 0 saturated heterocycles. The number of hydrogen-bond donors (Lipinski definition) is 0. The predicted octanol–water partition coefficient (Wildman–Crippen LogP) is 15.1. The van der Waals surface area contributed by atoms with Gasteiger partial charge >= 0.3 is 0 Å². The van der Waals surface area contributed by atoms with Gasteiger partial charge in [-0.1, -0.05) is 142 Å². The number of sulfone groups is 2. The van der Waals surface area contributed by atoms with Gasteiger partial charge in [-0.2, -0.15) is 0 Å². The third-order valence-corrected chi connectivity index (χ3v) is 16.4. The predicted molar refractivity (Wildman–Crippen MR) is 266 cm³/mol. The van der Waals surface area contributed by atoms with Crippen LogP contribution in [0.25, 0.3) is 33.4 Å². The SMILES string of the molecule is CCC(Oc1ccc(-c2ccc(Oc3ccc(S(=O)(=O)c4ccc(C(C)(CC)CC)cc4)cc3)c(-c3ccccc3)c2)cc1-c1ccccc1)c1ccc(S(=O)(=O)c2ccc(C)cc2)cc1. The second-order valence-electron chi connectivity index (χ2n) is 16.9. The summed E-state index contributed by atoms with van der Waals surface area (Å²) in [6, 6.07) is 60.2. The quantitative estimate of drug-likeness (QED) is 0.0960. The normalized spacial score (nSPS) is 12.4. The van der Waals surface area contributed by atoms with E-state index in [0.29, 0.717) is 23.7 Å². The Labute approximate surface area is 390 Å². The molecule has 0 spiro atoms. The highest BCUT2D eigenvalue weighted by atomic mass is 32.2. The molecule has 0 amide bonds. The lowest BCUT2D eigenvalue weighted by molar-refractivity contribution is 0.202. The summed E-state index contributed by atoms with van der Waals surface area (Å²) < 4.78 is 67.5. The van der Waals surface area contributed by atoms with Gasteiger partial charge in [0.15, 0.2) is 0 Å². The van der Waals surface area contributed by atoms with E-state index >= 15 is 0 Å². The summed E-state index contributed by atoms with van der Waals surface area (Å²) in [6.07, 6.45) is 2.26. The van der Waals surface area contributed by atoms with E-state index in [2.05, 4.69) is 58.0 Å². The molecule has 8 heteroatoms. The summed E-state index contributed by atoms with van der Waals surface area (Å²) in [7, 11) is -7.41. The summed E-state index contributed by atoms with van der Waals surface area (Å²) in [5, 5.41) is 0. The lowest BCUT2D eigenvalue weighted by Crippen LogP contribution is -2.19. The molecule has 0 radical (unpaired) electrons. The van der Waals surface area contributed by atoms with Gasteiger partial charge < -0.3 is 9.47 Å². The molecular weight excluding hydrogens is 857 g/mol. The molecule has 1 atom stereocenters. The van der Waals surface area contributed by atoms with E-state index in [1.54, 1.807) is 72.8 Å². The molecule has 8 aromatic rings. The van der Waals surface area contributed by atoms with Crippen LogP contribution < -0.4 is 9.47 Å². The molecule has 0 aliphatic carbocycles. The van der Waals surface area contributed by atoms with Crippen molar-refractivity contribution in [3.05, 3.63) is 211 Å². The molecule has 0 fully saturated rings. The molecule has 0 heterocycles. The molecule has 66 heavy (non-hydrogen) atoms. The average molecular weight is 911 g/mol. The number of benzene rings is 8. The van der Waals surface area contributed by atoms with Gasteiger partial charge in [-0.05, 0) is 150 Å². The van der Waals surface area contributed by atoms with Crippen molar-refractivity contribution >= 4 is 19.7 Å². The van der Waals surface area contributed by atoms with Crippen molar-refractivity contribution in [2.45, 2.75) is 85.0 Å². The Balaban J connectivity index is 1.07. The van der Waals surface area contributed by atoms with Gasteiger partial charge in [0.2, 0.25) is 19.7 Å². The molecule has 0 aromatic heterocycles. The highest BCUT2D eigenvalue weighted by Gasteiger charge is 2.25. The molecule has 0 aliphatic rings. The van der Waals surface area contributed by atoms with Crippen LogP contribution in [0, 0.1) is 6.92 Å². The highest BCUT2D eigenvalue weighted by molar-refractivity contribution is 7.91. The summed E-state index contributed by atoms with van der Waals surface area (Å²) >= 11 is 0. The van der Waals surface area contributed by atoms with E-state index in [-0.39, 0.29) is 31.1 Å². The minimum atomic E-state index is -3.74. The molecule has 0 saturated carbocycles. The van der Waals surface area contributed by atoms with Gasteiger partial charge in [0.25, 0.3) is 0 Å². The highest BCUT2D eigenvalue weighted by Crippen LogP contribution is 2.42. The molecule has 8 aromatic carbocycles. The second kappa shape index (κ2) is 19.4. The third-order valence-electron chi connectivity index (χ3n) is 12.8. The van der Waals surface area contributed by atoms with Gasteiger partial charge in [0, 0.05) is 11.1 Å². The van der Waals surface area contributed by atoms with Crippen LogP contribution in [-0.4, -0.2) is 16.8 Å². The fourth-order valence-electron chi connectivity index (χ4n) is 8.20. The van der Waals surface area contributed by atoms with Gasteiger partial charge in [0.05, 0.1) is 19.6 Å². The van der Waals surface area contributed by atoms with E-state index in [4.69, 9.17) is 9.47 Å². The molecule has 0 N–H and O–H groups in total. The van der Waals surface area contributed by atoms with Crippen LogP contribution in [-0.2, 0) is 25.1 Å². The minimum Gasteiger partial charge on any atom is -0.485 e. The summed E-state index contributed by atoms with van der Waals surface area (Å²) in [6.45, 7) is 10.5. The van der Waals surface area contributed by atoms with Crippen molar-refractivity contribution in [1.82, 2.24) is 0 Å². The maximum absolute atomic E-state index is 13.7. The first-order chi connectivity index (χ1) is 31.8. The maximum Gasteiger partial charge on any atom is 0.206 e. The van der Waals surface area contributed by atoms with Crippen molar-refractivity contribution in [2.75, 3.05) is 0 Å². The summed E-state index contributed by atoms with van der Waals surface area (Å²) in [4.78, 5) is 0.956. The van der Waals surface area contributed by atoms with Crippen LogP contribution >= 0.6 is 0 Å². The number of aryl methyl sites for hydroxylation is 1. The van der Waals surface area contributed by atoms with E-state index in [0.717, 1.165) is 62.9 Å². The van der Waals surface area contributed by atoms with Crippen LogP contribution in [0.4, 0.5) is 0 Å². The van der Waals surface area contributed by atoms with Crippen molar-refractivity contribution in [2.24, 2.45) is 0 Å². The molecule has 8 rings (SSSR count). The smallest absolute Gasteiger partial charge is 0.206 e. The fraction of sp³-hybridized carbons (Fsp3) is 0.172. The van der Waals surface area contributed by atoms with E-state index in [1.165, 1.54) is 0 Å². The van der Waals surface area contributed by atoms with Gasteiger partial charge in [0.1, 0.15) is 23.4 Å². The Morgan fingerprint density at radius 3 is 1.36 bits per heavy atom. The van der Waals surface area contributed by atoms with Gasteiger partial charge in [-0.15, -0.1) is 0 Å². The van der Waals surface area contributed by atoms with E-state index < -0.39 is 19.7 Å². The third kappa shape index (κ3) is 9.62. The summed E-state index contributed by atoms with van der Waals surface area (Å²) in [5.74, 6) is 1.84. The summed E-state index contributed by atoms with van der Waals surface area (Å²) in [5.41, 5.74) is 8.68. The Morgan fingerprint density at radius 1 is 0.470 bits per heavy atom. The number of ether oxygens (including phenoxy) is 2. The molecular formula is C58H54O6S2. The van der Waals surface area contributed by atoms with Crippen LogP contribution in [0.1, 0.15) is 69.8 Å². The van der Waals surface area contributed by atoms with Crippen LogP contribution in [0.2, 0.25) is 0 Å². The molecule has 0 bridgehead atoms. The van der Waals surface area contributed by atoms with E-state index in [9.17, 15) is 16.8 Å². The molecule has 0 aliphatic heterocycles. The zero-order chi connectivity index (χ0) is 46.5. The average Bonchev–Trinajstić information content (AvgIpc) is 3.36. The van der Waals surface area contributed by atoms with E-state index in [1.807, 2.05) is 97.9 Å². The van der Waals surface area contributed by atoms with Crippen LogP contribution in [0.15, 0.2) is 214 Å². The van der Waals surface area contributed by atoms with Crippen LogP contribution in [0.5, 0.6) is 17.2 Å². The van der Waals surface area contributed by atoms with Crippen molar-refractivity contribution in [3.63, 3.8) is 0 Å². The zero-order valence-electron chi connectivity index (χ0n) is 37.9. The Hall–Kier alpha value is -6.74. The van der Waals surface area contributed by atoms with Gasteiger partial charge in [-0.25, -0.2) is 16.8 Å². The maximum atomic E-state index is 13.7. The second-order valence-corrected chi connectivity index (χ2v) is 20.8. The Bertz CT molecular complexity index is 3140. The van der Waals surface area contributed by atoms with Crippen molar-refractivity contribution in [1.29, 1.82) is 0 Å². The Kier molecular flexibility index (Phi) is 13.5. The zero-order valence-corrected chi connectivity index (χ0v) is 39.6. The fourth-order valence-corrected chi connectivity index (χ4v) is 10.7. The minimum absolute atomic E-state index is 0.00256. The van der Waals surface area contributed by atoms with Crippen LogP contribution in [0.3, 0.4) is 0 Å². The van der Waals surface area contributed by atoms with Gasteiger partial charge in [-0.3, -0.25) is 0 Å². The lowest BCUT2D eigenvalue weighted by Gasteiger charge is -2.27. The molecule has 1 unspecified atom stereocenters. The van der Waals surface area contributed by atoms with Crippen molar-refractivity contribution in [3.8, 4) is 50.6 Å². The van der Waals surface area contributed by atoms with Crippen molar-refractivity contribution < 1.29 is 26.3 Å². The first-order valence-corrected chi connectivity index (χ1v) is 25.4. The topological polar surface area (TPSA) is 86.7 Å². The largest absolute Gasteiger partial charge is 0.485 e. The Morgan fingerprint density at radius 2 is 0.894 bits per heavy atom.